The Morgan fingerprint density at radius 2 is 1.48 bits per heavy atom. The number of halogens is 1. The summed E-state index contributed by atoms with van der Waals surface area (Å²) < 4.78 is 12.8. The second-order valence-corrected chi connectivity index (χ2v) is 8.66. The van der Waals surface area contributed by atoms with E-state index >= 15 is 0 Å². The summed E-state index contributed by atoms with van der Waals surface area (Å²) in [5, 5.41) is 0. The van der Waals surface area contributed by atoms with Crippen molar-refractivity contribution < 1.29 is 4.21 Å². The molecule has 2 aromatic heterocycles. The van der Waals surface area contributed by atoms with E-state index in [2.05, 4.69) is 56.8 Å². The molecule has 0 amide bonds. The Morgan fingerprint density at radius 1 is 0.852 bits per heavy atom. The van der Waals surface area contributed by atoms with Crippen LogP contribution in [0.5, 0.6) is 0 Å². The summed E-state index contributed by atoms with van der Waals surface area (Å²) in [5.41, 5.74) is 4.89. The second kappa shape index (κ2) is 7.74. The van der Waals surface area contributed by atoms with Crippen LogP contribution in [0.3, 0.4) is 0 Å². The van der Waals surface area contributed by atoms with Crippen molar-refractivity contribution >= 4 is 33.4 Å². The minimum absolute atomic E-state index is 0.781. The summed E-state index contributed by atoms with van der Waals surface area (Å²) in [6, 6.07) is 19.9. The zero-order valence-corrected chi connectivity index (χ0v) is 17.5. The smallest absolute Gasteiger partial charge is 0.138 e. The van der Waals surface area contributed by atoms with Gasteiger partial charge in [0.1, 0.15) is 5.82 Å². The van der Waals surface area contributed by atoms with E-state index in [1.807, 2.05) is 36.4 Å². The van der Waals surface area contributed by atoms with E-state index in [1.54, 1.807) is 18.6 Å². The molecule has 4 rings (SSSR count). The summed E-state index contributed by atoms with van der Waals surface area (Å²) in [7, 11) is -0.993. The standard InChI is InChI=1S/C21H16IN3OS/c1-27(26)18-8-4-16(5-9-18)21-24-19(14-2-6-17(22)7-3-14)20(25-21)15-10-12-23-13-11-15/h2-13H,1H3,(H,24,25). The molecular formula is C21H16IN3OS. The molecule has 1 N–H and O–H groups in total. The van der Waals surface area contributed by atoms with Gasteiger partial charge in [0, 0.05) is 54.6 Å². The number of rotatable bonds is 4. The van der Waals surface area contributed by atoms with E-state index in [0.29, 0.717) is 0 Å². The summed E-state index contributed by atoms with van der Waals surface area (Å²) in [6.07, 6.45) is 5.23. The third kappa shape index (κ3) is 3.86. The first-order valence-electron chi connectivity index (χ1n) is 8.32. The number of hydrogen-bond donors (Lipinski definition) is 1. The lowest BCUT2D eigenvalue weighted by Gasteiger charge is -2.03. The Balaban J connectivity index is 1.84. The van der Waals surface area contributed by atoms with Crippen molar-refractivity contribution in [1.29, 1.82) is 0 Å². The summed E-state index contributed by atoms with van der Waals surface area (Å²) in [6.45, 7) is 0. The number of imidazole rings is 1. The Bertz CT molecular complexity index is 1090. The third-order valence-electron chi connectivity index (χ3n) is 4.25. The highest BCUT2D eigenvalue weighted by molar-refractivity contribution is 14.1. The maximum atomic E-state index is 11.6. The van der Waals surface area contributed by atoms with Crippen molar-refractivity contribution in [3.05, 3.63) is 76.6 Å². The molecule has 1 unspecified atom stereocenters. The monoisotopic (exact) mass is 485 g/mol. The molecule has 4 aromatic rings. The highest BCUT2D eigenvalue weighted by atomic mass is 127. The zero-order chi connectivity index (χ0) is 18.8. The molecule has 0 spiro atoms. The fourth-order valence-corrected chi connectivity index (χ4v) is 3.74. The molecule has 134 valence electrons. The van der Waals surface area contributed by atoms with E-state index in [9.17, 15) is 4.21 Å². The Hall–Kier alpha value is -2.32. The van der Waals surface area contributed by atoms with Gasteiger partial charge in [0.2, 0.25) is 0 Å². The number of nitrogens with zero attached hydrogens (tertiary/aromatic N) is 2. The fraction of sp³-hybridized carbons (Fsp3) is 0.0476. The maximum Gasteiger partial charge on any atom is 0.138 e. The quantitative estimate of drug-likeness (QED) is 0.407. The van der Waals surface area contributed by atoms with Gasteiger partial charge in [-0.3, -0.25) is 9.19 Å². The fourth-order valence-electron chi connectivity index (χ4n) is 2.86. The minimum atomic E-state index is -0.993. The molecule has 2 heterocycles. The Morgan fingerprint density at radius 3 is 2.11 bits per heavy atom. The molecule has 0 aliphatic rings. The van der Waals surface area contributed by atoms with Gasteiger partial charge in [0.25, 0.3) is 0 Å². The van der Waals surface area contributed by atoms with Crippen molar-refractivity contribution in [3.63, 3.8) is 0 Å². The normalized spacial score (nSPS) is 12.1. The van der Waals surface area contributed by atoms with E-state index in [-0.39, 0.29) is 0 Å². The van der Waals surface area contributed by atoms with Gasteiger partial charge in [0.15, 0.2) is 0 Å². The molecule has 0 saturated carbocycles. The lowest BCUT2D eigenvalue weighted by Crippen LogP contribution is -1.87. The van der Waals surface area contributed by atoms with Gasteiger partial charge < -0.3 is 4.98 Å². The van der Waals surface area contributed by atoms with Gasteiger partial charge in [-0.1, -0.05) is 24.3 Å². The van der Waals surface area contributed by atoms with Gasteiger partial charge in [-0.2, -0.15) is 0 Å². The molecule has 0 radical (unpaired) electrons. The number of H-pyrrole nitrogens is 1. The van der Waals surface area contributed by atoms with Crippen LogP contribution in [0.2, 0.25) is 0 Å². The first-order valence-corrected chi connectivity index (χ1v) is 11.0. The molecule has 1 atom stereocenters. The molecule has 0 bridgehead atoms. The highest BCUT2D eigenvalue weighted by Crippen LogP contribution is 2.33. The molecule has 0 fully saturated rings. The summed E-state index contributed by atoms with van der Waals surface area (Å²) in [5.74, 6) is 0.781. The predicted molar refractivity (Wildman–Crippen MR) is 118 cm³/mol. The van der Waals surface area contributed by atoms with Gasteiger partial charge in [0.05, 0.1) is 11.4 Å². The first kappa shape index (κ1) is 18.1. The molecule has 2 aromatic carbocycles. The number of pyridine rings is 1. The van der Waals surface area contributed by atoms with E-state index in [0.717, 1.165) is 38.8 Å². The molecule has 0 saturated heterocycles. The van der Waals surface area contributed by atoms with Gasteiger partial charge in [-0.05, 0) is 59.0 Å². The van der Waals surface area contributed by atoms with Crippen LogP contribution in [0.1, 0.15) is 0 Å². The number of aromatic nitrogens is 3. The lowest BCUT2D eigenvalue weighted by molar-refractivity contribution is 0.687. The van der Waals surface area contributed by atoms with Crippen molar-refractivity contribution in [3.8, 4) is 33.9 Å². The Labute approximate surface area is 173 Å². The van der Waals surface area contributed by atoms with Crippen LogP contribution in [0.15, 0.2) is 78.0 Å². The van der Waals surface area contributed by atoms with Gasteiger partial charge in [-0.25, -0.2) is 4.98 Å². The molecule has 4 nitrogen and oxygen atoms in total. The topological polar surface area (TPSA) is 58.6 Å². The Kier molecular flexibility index (Phi) is 5.18. The zero-order valence-electron chi connectivity index (χ0n) is 14.5. The van der Waals surface area contributed by atoms with Crippen LogP contribution < -0.4 is 0 Å². The van der Waals surface area contributed by atoms with Gasteiger partial charge in [-0.15, -0.1) is 0 Å². The van der Waals surface area contributed by atoms with E-state index in [1.165, 1.54) is 3.57 Å². The van der Waals surface area contributed by atoms with Crippen LogP contribution in [-0.2, 0) is 10.8 Å². The van der Waals surface area contributed by atoms with Gasteiger partial charge >= 0.3 is 0 Å². The average Bonchev–Trinajstić information content (AvgIpc) is 3.15. The van der Waals surface area contributed by atoms with Crippen molar-refractivity contribution in [2.24, 2.45) is 0 Å². The van der Waals surface area contributed by atoms with Crippen LogP contribution in [0.4, 0.5) is 0 Å². The molecule has 27 heavy (non-hydrogen) atoms. The molecule has 6 heteroatoms. The van der Waals surface area contributed by atoms with E-state index in [4.69, 9.17) is 4.98 Å². The highest BCUT2D eigenvalue weighted by Gasteiger charge is 2.15. The number of benzene rings is 2. The third-order valence-corrected chi connectivity index (χ3v) is 5.91. The lowest BCUT2D eigenvalue weighted by atomic mass is 10.1. The summed E-state index contributed by atoms with van der Waals surface area (Å²) >= 11 is 2.30. The second-order valence-electron chi connectivity index (χ2n) is 6.03. The molecular weight excluding hydrogens is 469 g/mol. The molecule has 0 aliphatic heterocycles. The average molecular weight is 485 g/mol. The maximum absolute atomic E-state index is 11.6. The van der Waals surface area contributed by atoms with Crippen molar-refractivity contribution in [2.45, 2.75) is 4.90 Å². The number of nitrogens with one attached hydrogen (secondary N) is 1. The predicted octanol–water partition coefficient (Wildman–Crippen LogP) is 5.15. The number of hydrogen-bond acceptors (Lipinski definition) is 3. The SMILES string of the molecule is CS(=O)c1ccc(-c2nc(-c3ccc(I)cc3)c(-c3ccncc3)[nH]2)cc1. The van der Waals surface area contributed by atoms with E-state index < -0.39 is 10.8 Å². The molecule has 0 aliphatic carbocycles. The first-order chi connectivity index (χ1) is 13.1. The van der Waals surface area contributed by atoms with Crippen LogP contribution in [0, 0.1) is 3.57 Å². The van der Waals surface area contributed by atoms with Crippen molar-refractivity contribution in [1.82, 2.24) is 15.0 Å². The largest absolute Gasteiger partial charge is 0.337 e. The van der Waals surface area contributed by atoms with Crippen LogP contribution in [0.25, 0.3) is 33.9 Å². The van der Waals surface area contributed by atoms with Crippen LogP contribution >= 0.6 is 22.6 Å². The minimum Gasteiger partial charge on any atom is -0.337 e. The van der Waals surface area contributed by atoms with Crippen molar-refractivity contribution in [2.75, 3.05) is 6.26 Å². The summed E-state index contributed by atoms with van der Waals surface area (Å²) in [4.78, 5) is 13.3. The number of aromatic amines is 1. The van der Waals surface area contributed by atoms with Crippen LogP contribution in [-0.4, -0.2) is 25.4 Å².